The van der Waals surface area contributed by atoms with Crippen LogP contribution in [0.4, 0.5) is 0 Å². The Morgan fingerprint density at radius 3 is 2.52 bits per heavy atom. The van der Waals surface area contributed by atoms with Crippen molar-refractivity contribution in [3.63, 3.8) is 0 Å². The molecule has 1 aromatic heterocycles. The molecule has 2 fully saturated rings. The van der Waals surface area contributed by atoms with E-state index in [9.17, 15) is 9.59 Å². The lowest BCUT2D eigenvalue weighted by atomic mass is 10.1. The zero-order valence-corrected chi connectivity index (χ0v) is 14.8. The Bertz CT molecular complexity index is 871. The summed E-state index contributed by atoms with van der Waals surface area (Å²) in [6, 6.07) is 9.29. The summed E-state index contributed by atoms with van der Waals surface area (Å²) < 4.78 is 15.9. The first-order valence-corrected chi connectivity index (χ1v) is 9.22. The van der Waals surface area contributed by atoms with Crippen molar-refractivity contribution in [2.75, 3.05) is 33.0 Å². The van der Waals surface area contributed by atoms with Crippen LogP contribution in [-0.2, 0) is 4.79 Å². The van der Waals surface area contributed by atoms with Gasteiger partial charge in [0.25, 0.3) is 5.91 Å². The Hall–Kier alpha value is -2.96. The van der Waals surface area contributed by atoms with Crippen molar-refractivity contribution >= 4 is 11.8 Å². The van der Waals surface area contributed by atoms with E-state index in [1.165, 1.54) is 6.26 Å². The minimum Gasteiger partial charge on any atom is -0.459 e. The van der Waals surface area contributed by atoms with Crippen molar-refractivity contribution in [1.29, 1.82) is 0 Å². The number of furan rings is 1. The van der Waals surface area contributed by atoms with E-state index < -0.39 is 0 Å². The third-order valence-corrected chi connectivity index (χ3v) is 5.54. The predicted octanol–water partition coefficient (Wildman–Crippen LogP) is 2.10. The van der Waals surface area contributed by atoms with Crippen LogP contribution in [-0.4, -0.2) is 54.6 Å². The van der Waals surface area contributed by atoms with Gasteiger partial charge < -0.3 is 23.7 Å². The molecular formula is C20H20N2O5. The molecule has 2 aliphatic heterocycles. The van der Waals surface area contributed by atoms with Gasteiger partial charge in [-0.2, -0.15) is 0 Å². The summed E-state index contributed by atoms with van der Waals surface area (Å²) in [6.45, 7) is 2.46. The summed E-state index contributed by atoms with van der Waals surface area (Å²) in [5.41, 5.74) is 1.13. The van der Waals surface area contributed by atoms with Crippen LogP contribution in [0.15, 0.2) is 41.0 Å². The normalized spacial score (nSPS) is 23.4. The first kappa shape index (κ1) is 16.2. The number of hydrogen-bond donors (Lipinski definition) is 0. The predicted molar refractivity (Wildman–Crippen MR) is 94.6 cm³/mol. The molecule has 0 N–H and O–H groups in total. The molecule has 0 radical (unpaired) electrons. The highest BCUT2D eigenvalue weighted by atomic mass is 16.7. The quantitative estimate of drug-likeness (QED) is 0.830. The smallest absolute Gasteiger partial charge is 0.289 e. The molecule has 5 rings (SSSR count). The van der Waals surface area contributed by atoms with Gasteiger partial charge in [0.05, 0.1) is 6.26 Å². The summed E-state index contributed by atoms with van der Waals surface area (Å²) in [4.78, 5) is 28.8. The Labute approximate surface area is 156 Å². The minimum atomic E-state index is -0.114. The average Bonchev–Trinajstić information content (AvgIpc) is 3.09. The van der Waals surface area contributed by atoms with Crippen molar-refractivity contribution in [2.45, 2.75) is 12.3 Å². The van der Waals surface area contributed by atoms with E-state index in [0.717, 1.165) is 23.5 Å². The molecule has 0 spiro atoms. The van der Waals surface area contributed by atoms with Crippen LogP contribution in [0.1, 0.15) is 28.5 Å². The van der Waals surface area contributed by atoms with Crippen molar-refractivity contribution in [3.8, 4) is 11.5 Å². The van der Waals surface area contributed by atoms with Crippen molar-refractivity contribution in [3.05, 3.63) is 47.9 Å². The number of carbonyl (C=O) groups excluding carboxylic acids is 2. The fraction of sp³-hybridized carbons (Fsp3) is 0.400. The maximum atomic E-state index is 12.8. The van der Waals surface area contributed by atoms with Gasteiger partial charge in [-0.25, -0.2) is 0 Å². The summed E-state index contributed by atoms with van der Waals surface area (Å²) in [5.74, 6) is 2.21. The highest BCUT2D eigenvalue weighted by Gasteiger charge is 2.46. The van der Waals surface area contributed by atoms with E-state index in [-0.39, 0.29) is 30.4 Å². The Kier molecular flexibility index (Phi) is 3.81. The van der Waals surface area contributed by atoms with Crippen LogP contribution < -0.4 is 9.47 Å². The largest absolute Gasteiger partial charge is 0.459 e. The van der Waals surface area contributed by atoms with Crippen LogP contribution in [0.25, 0.3) is 0 Å². The topological polar surface area (TPSA) is 72.2 Å². The number of carbonyl (C=O) groups is 2. The molecule has 7 heteroatoms. The maximum Gasteiger partial charge on any atom is 0.289 e. The zero-order chi connectivity index (χ0) is 18.4. The molecule has 3 heterocycles. The number of nitrogens with zero attached hydrogens (tertiary/aromatic N) is 2. The highest BCUT2D eigenvalue weighted by Crippen LogP contribution is 2.50. The third-order valence-electron chi connectivity index (χ3n) is 5.54. The van der Waals surface area contributed by atoms with Gasteiger partial charge in [-0.3, -0.25) is 9.59 Å². The van der Waals surface area contributed by atoms with Gasteiger partial charge in [0.15, 0.2) is 17.3 Å². The number of fused-ring (bicyclic) bond motifs is 1. The molecule has 140 valence electrons. The van der Waals surface area contributed by atoms with Gasteiger partial charge in [-0.05, 0) is 42.2 Å². The number of benzene rings is 1. The zero-order valence-electron chi connectivity index (χ0n) is 14.8. The van der Waals surface area contributed by atoms with Crippen LogP contribution >= 0.6 is 0 Å². The summed E-state index contributed by atoms with van der Waals surface area (Å²) in [6.07, 6.45) is 2.36. The molecule has 0 bridgehead atoms. The number of amides is 2. The fourth-order valence-electron chi connectivity index (χ4n) is 3.90. The van der Waals surface area contributed by atoms with Gasteiger partial charge >= 0.3 is 0 Å². The minimum absolute atomic E-state index is 0.0256. The lowest BCUT2D eigenvalue weighted by Gasteiger charge is -2.34. The number of rotatable bonds is 3. The standard InChI is InChI=1S/C20H20N2O5/c23-19(15-11-14(15)13-3-4-16-18(10-13)27-12-26-16)21-5-7-22(8-6-21)20(24)17-2-1-9-25-17/h1-4,9-10,14-15H,5-8,11-12H2/t14-,15+/m0/s1. The molecule has 1 saturated carbocycles. The van der Waals surface area contributed by atoms with E-state index in [0.29, 0.717) is 31.9 Å². The molecule has 3 aliphatic rings. The molecule has 27 heavy (non-hydrogen) atoms. The average molecular weight is 368 g/mol. The van der Waals surface area contributed by atoms with E-state index in [1.54, 1.807) is 17.0 Å². The Morgan fingerprint density at radius 2 is 1.74 bits per heavy atom. The van der Waals surface area contributed by atoms with Gasteiger partial charge in [0.2, 0.25) is 12.7 Å². The molecule has 2 atom stereocenters. The second-order valence-corrected chi connectivity index (χ2v) is 7.16. The van der Waals surface area contributed by atoms with Crippen molar-refractivity contribution in [2.24, 2.45) is 5.92 Å². The highest BCUT2D eigenvalue weighted by molar-refractivity contribution is 5.91. The summed E-state index contributed by atoms with van der Waals surface area (Å²) in [7, 11) is 0. The fourth-order valence-corrected chi connectivity index (χ4v) is 3.90. The van der Waals surface area contributed by atoms with E-state index in [2.05, 4.69) is 0 Å². The lowest BCUT2D eigenvalue weighted by molar-refractivity contribution is -0.134. The molecule has 1 saturated heterocycles. The van der Waals surface area contributed by atoms with Gasteiger partial charge in [-0.15, -0.1) is 0 Å². The monoisotopic (exact) mass is 368 g/mol. The first-order chi connectivity index (χ1) is 13.2. The van der Waals surface area contributed by atoms with Crippen LogP contribution in [0.2, 0.25) is 0 Å². The lowest BCUT2D eigenvalue weighted by Crippen LogP contribution is -2.51. The maximum absolute atomic E-state index is 12.8. The molecule has 7 nitrogen and oxygen atoms in total. The van der Waals surface area contributed by atoms with Crippen LogP contribution in [0, 0.1) is 5.92 Å². The first-order valence-electron chi connectivity index (χ1n) is 9.22. The van der Waals surface area contributed by atoms with Gasteiger partial charge in [-0.1, -0.05) is 6.07 Å². The Balaban J connectivity index is 1.18. The van der Waals surface area contributed by atoms with Gasteiger partial charge in [0, 0.05) is 32.1 Å². The second-order valence-electron chi connectivity index (χ2n) is 7.16. The van der Waals surface area contributed by atoms with E-state index >= 15 is 0 Å². The molecule has 2 amide bonds. The Morgan fingerprint density at radius 1 is 0.963 bits per heavy atom. The molecule has 0 unspecified atom stereocenters. The number of piperazine rings is 1. The molecule has 1 aliphatic carbocycles. The van der Waals surface area contributed by atoms with Gasteiger partial charge in [0.1, 0.15) is 0 Å². The number of hydrogen-bond acceptors (Lipinski definition) is 5. The summed E-state index contributed by atoms with van der Waals surface area (Å²) >= 11 is 0. The second kappa shape index (κ2) is 6.33. The van der Waals surface area contributed by atoms with E-state index in [1.807, 2.05) is 23.1 Å². The molecule has 1 aromatic carbocycles. The van der Waals surface area contributed by atoms with Crippen LogP contribution in [0.5, 0.6) is 11.5 Å². The molecule has 2 aromatic rings. The van der Waals surface area contributed by atoms with Crippen molar-refractivity contribution in [1.82, 2.24) is 9.80 Å². The summed E-state index contributed by atoms with van der Waals surface area (Å²) in [5, 5.41) is 0. The number of ether oxygens (including phenoxy) is 2. The third kappa shape index (κ3) is 2.93. The van der Waals surface area contributed by atoms with E-state index in [4.69, 9.17) is 13.9 Å². The molecular weight excluding hydrogens is 348 g/mol. The van der Waals surface area contributed by atoms with Crippen molar-refractivity contribution < 1.29 is 23.5 Å². The van der Waals surface area contributed by atoms with Crippen LogP contribution in [0.3, 0.4) is 0 Å². The SMILES string of the molecule is O=C(c1ccco1)N1CCN(C(=O)[C@@H]2C[C@H]2c2ccc3c(c2)OCO3)CC1.